The van der Waals surface area contributed by atoms with Gasteiger partial charge in [0.05, 0.1) is 11.4 Å². The molecule has 3 aromatic carbocycles. The van der Waals surface area contributed by atoms with Crippen LogP contribution in [0.3, 0.4) is 0 Å². The van der Waals surface area contributed by atoms with Gasteiger partial charge in [0.15, 0.2) is 5.11 Å². The van der Waals surface area contributed by atoms with E-state index in [1.54, 1.807) is 3.96 Å². The fourth-order valence-electron chi connectivity index (χ4n) is 3.05. The van der Waals surface area contributed by atoms with Crippen LogP contribution in [0, 0.1) is 26.2 Å². The Bertz CT molecular complexity index is 1340. The Hall–Kier alpha value is -3.29. The SMILES string of the molecule is Cc1ccc(N=c2n(C(=S)Nc3ccc(C)cc3)sc(=N)n2-c2ccc(C)cc2)cc1. The number of thiocarbonyl (C=S) groups is 1. The molecular weight excluding hydrogens is 422 g/mol. The Morgan fingerprint density at radius 3 is 1.94 bits per heavy atom. The first-order valence-electron chi connectivity index (χ1n) is 9.87. The summed E-state index contributed by atoms with van der Waals surface area (Å²) in [5.74, 6) is 0. The lowest BCUT2D eigenvalue weighted by Crippen LogP contribution is -2.33. The molecule has 156 valence electrons. The van der Waals surface area contributed by atoms with Crippen LogP contribution in [-0.4, -0.2) is 13.6 Å². The lowest BCUT2D eigenvalue weighted by atomic mass is 10.2. The standard InChI is InChI=1S/C24H23N5S2/c1-16-4-10-19(11-5-16)26-23-28(21-14-8-18(3)9-15-21)22(25)31-29(23)24(30)27-20-12-6-17(2)7-13-20/h4-15,25H,1-3H3,(H,27,30). The van der Waals surface area contributed by atoms with Crippen LogP contribution in [0.1, 0.15) is 16.7 Å². The molecule has 0 bridgehead atoms. The van der Waals surface area contributed by atoms with E-state index in [0.717, 1.165) is 22.6 Å². The van der Waals surface area contributed by atoms with Crippen molar-refractivity contribution in [3.8, 4) is 5.69 Å². The van der Waals surface area contributed by atoms with Gasteiger partial charge < -0.3 is 5.32 Å². The fraction of sp³-hybridized carbons (Fsp3) is 0.125. The number of rotatable bonds is 3. The molecule has 0 fully saturated rings. The topological polar surface area (TPSA) is 58.1 Å². The Kier molecular flexibility index (Phi) is 5.97. The number of aryl methyl sites for hydroxylation is 3. The van der Waals surface area contributed by atoms with Crippen molar-refractivity contribution in [1.29, 1.82) is 5.41 Å². The second-order valence-corrected chi connectivity index (χ2v) is 8.73. The van der Waals surface area contributed by atoms with Crippen molar-refractivity contribution in [3.05, 3.63) is 99.9 Å². The Morgan fingerprint density at radius 1 is 0.839 bits per heavy atom. The van der Waals surface area contributed by atoms with Crippen LogP contribution < -0.4 is 15.7 Å². The van der Waals surface area contributed by atoms with Crippen molar-refractivity contribution in [2.24, 2.45) is 4.99 Å². The van der Waals surface area contributed by atoms with Crippen LogP contribution in [0.5, 0.6) is 0 Å². The summed E-state index contributed by atoms with van der Waals surface area (Å²) in [4.78, 5) is 5.20. The molecule has 2 N–H and O–H groups in total. The molecule has 0 atom stereocenters. The van der Waals surface area contributed by atoms with Crippen LogP contribution in [0.4, 0.5) is 11.4 Å². The van der Waals surface area contributed by atoms with Gasteiger partial charge in [-0.1, -0.05) is 53.1 Å². The van der Waals surface area contributed by atoms with Crippen LogP contribution in [0.2, 0.25) is 0 Å². The smallest absolute Gasteiger partial charge is 0.233 e. The van der Waals surface area contributed by atoms with E-state index < -0.39 is 0 Å². The third-order valence-corrected chi connectivity index (χ3v) is 6.09. The van der Waals surface area contributed by atoms with Gasteiger partial charge >= 0.3 is 0 Å². The molecule has 31 heavy (non-hydrogen) atoms. The third kappa shape index (κ3) is 4.73. The molecule has 0 spiro atoms. The van der Waals surface area contributed by atoms with E-state index in [1.165, 1.54) is 22.7 Å². The summed E-state index contributed by atoms with van der Waals surface area (Å²) >= 11 is 6.95. The Morgan fingerprint density at radius 2 is 1.35 bits per heavy atom. The molecule has 0 amide bonds. The van der Waals surface area contributed by atoms with Gasteiger partial charge in [-0.2, -0.15) is 0 Å². The molecule has 0 saturated heterocycles. The van der Waals surface area contributed by atoms with Gasteiger partial charge in [-0.15, -0.1) is 0 Å². The average molecular weight is 446 g/mol. The summed E-state index contributed by atoms with van der Waals surface area (Å²) < 4.78 is 3.60. The molecule has 5 nitrogen and oxygen atoms in total. The van der Waals surface area contributed by atoms with Gasteiger partial charge in [0.2, 0.25) is 10.4 Å². The van der Waals surface area contributed by atoms with Crippen LogP contribution in [0.25, 0.3) is 5.69 Å². The van der Waals surface area contributed by atoms with Gasteiger partial charge in [0.25, 0.3) is 0 Å². The molecule has 0 aliphatic carbocycles. The summed E-state index contributed by atoms with van der Waals surface area (Å²) in [5.41, 5.74) is 6.65. The number of benzene rings is 3. The highest BCUT2D eigenvalue weighted by Crippen LogP contribution is 2.14. The molecule has 4 aromatic rings. The second kappa shape index (κ2) is 8.83. The van der Waals surface area contributed by atoms with Crippen molar-refractivity contribution < 1.29 is 0 Å². The van der Waals surface area contributed by atoms with Crippen LogP contribution in [-0.2, 0) is 0 Å². The van der Waals surface area contributed by atoms with E-state index in [9.17, 15) is 0 Å². The first-order valence-corrected chi connectivity index (χ1v) is 11.1. The van der Waals surface area contributed by atoms with E-state index in [-0.39, 0.29) is 0 Å². The summed E-state index contributed by atoms with van der Waals surface area (Å²) in [6.45, 7) is 6.14. The maximum Gasteiger partial charge on any atom is 0.233 e. The van der Waals surface area contributed by atoms with Crippen molar-refractivity contribution in [2.45, 2.75) is 20.8 Å². The molecule has 0 radical (unpaired) electrons. The molecule has 7 heteroatoms. The van der Waals surface area contributed by atoms with Crippen molar-refractivity contribution >= 4 is 40.2 Å². The van der Waals surface area contributed by atoms with Crippen LogP contribution in [0.15, 0.2) is 77.8 Å². The minimum atomic E-state index is 0.336. The lowest BCUT2D eigenvalue weighted by Gasteiger charge is -2.09. The molecule has 0 unspecified atom stereocenters. The normalized spacial score (nSPS) is 11.5. The maximum absolute atomic E-state index is 8.64. The highest BCUT2D eigenvalue weighted by molar-refractivity contribution is 7.80. The number of nitrogens with one attached hydrogen (secondary N) is 2. The minimum absolute atomic E-state index is 0.336. The first kappa shape index (κ1) is 21.0. The van der Waals surface area contributed by atoms with Gasteiger partial charge in [0, 0.05) is 5.69 Å². The molecular formula is C24H23N5S2. The quantitative estimate of drug-likeness (QED) is 0.425. The van der Waals surface area contributed by atoms with Gasteiger partial charge in [-0.25, -0.2) is 8.95 Å². The van der Waals surface area contributed by atoms with Crippen molar-refractivity contribution in [1.82, 2.24) is 8.52 Å². The zero-order valence-corrected chi connectivity index (χ0v) is 19.2. The largest absolute Gasteiger partial charge is 0.331 e. The molecule has 0 saturated carbocycles. The van der Waals surface area contributed by atoms with Gasteiger partial charge in [-0.05, 0) is 80.9 Å². The van der Waals surface area contributed by atoms with Crippen LogP contribution >= 0.6 is 23.8 Å². The van der Waals surface area contributed by atoms with E-state index in [4.69, 9.17) is 22.6 Å². The predicted molar refractivity (Wildman–Crippen MR) is 131 cm³/mol. The highest BCUT2D eigenvalue weighted by Gasteiger charge is 2.13. The Labute approximate surface area is 190 Å². The van der Waals surface area contributed by atoms with E-state index >= 15 is 0 Å². The van der Waals surface area contributed by atoms with Crippen molar-refractivity contribution in [2.75, 3.05) is 5.32 Å². The molecule has 1 heterocycles. The zero-order chi connectivity index (χ0) is 22.0. The fourth-order valence-corrected chi connectivity index (χ4v) is 4.14. The lowest BCUT2D eigenvalue weighted by molar-refractivity contribution is 0.859. The summed E-state index contributed by atoms with van der Waals surface area (Å²) in [7, 11) is 0. The second-order valence-electron chi connectivity index (χ2n) is 7.41. The number of aromatic nitrogens is 2. The van der Waals surface area contributed by atoms with E-state index in [1.807, 2.05) is 98.1 Å². The number of hydrogen-bond acceptors (Lipinski definition) is 4. The van der Waals surface area contributed by atoms with E-state index in [2.05, 4.69) is 5.32 Å². The number of anilines is 1. The first-order chi connectivity index (χ1) is 14.9. The number of hydrogen-bond donors (Lipinski definition) is 2. The monoisotopic (exact) mass is 445 g/mol. The molecule has 1 aromatic heterocycles. The van der Waals surface area contributed by atoms with E-state index in [0.29, 0.717) is 15.5 Å². The third-order valence-electron chi connectivity index (χ3n) is 4.81. The summed E-state index contributed by atoms with van der Waals surface area (Å²) in [6, 6.07) is 24.1. The summed E-state index contributed by atoms with van der Waals surface area (Å²) in [6.07, 6.45) is 0. The van der Waals surface area contributed by atoms with Crippen molar-refractivity contribution in [3.63, 3.8) is 0 Å². The molecule has 0 aliphatic rings. The van der Waals surface area contributed by atoms with Gasteiger partial charge in [0.1, 0.15) is 0 Å². The molecule has 4 rings (SSSR count). The minimum Gasteiger partial charge on any atom is -0.331 e. The van der Waals surface area contributed by atoms with Gasteiger partial charge in [-0.3, -0.25) is 9.98 Å². The average Bonchev–Trinajstić information content (AvgIpc) is 3.08. The Balaban J connectivity index is 1.86. The summed E-state index contributed by atoms with van der Waals surface area (Å²) in [5, 5.41) is 12.4. The molecule has 0 aliphatic heterocycles. The maximum atomic E-state index is 8.64. The predicted octanol–water partition coefficient (Wildman–Crippen LogP) is 5.22. The number of nitrogens with zero attached hydrogens (tertiary/aromatic N) is 3. The zero-order valence-electron chi connectivity index (χ0n) is 17.6. The highest BCUT2D eigenvalue weighted by atomic mass is 32.1.